The zero-order valence-electron chi connectivity index (χ0n) is 15.1. The summed E-state index contributed by atoms with van der Waals surface area (Å²) in [4.78, 5) is 8.76. The van der Waals surface area contributed by atoms with Crippen LogP contribution in [0.3, 0.4) is 0 Å². The van der Waals surface area contributed by atoms with Gasteiger partial charge in [0.05, 0.1) is 17.6 Å². The van der Waals surface area contributed by atoms with E-state index in [1.807, 2.05) is 6.07 Å². The number of hydrogen-bond acceptors (Lipinski definition) is 6. The Bertz CT molecular complexity index is 1020. The van der Waals surface area contributed by atoms with Gasteiger partial charge in [-0.2, -0.15) is 0 Å². The van der Waals surface area contributed by atoms with E-state index in [0.29, 0.717) is 40.8 Å². The molecule has 0 saturated carbocycles. The van der Waals surface area contributed by atoms with Crippen LogP contribution in [0.1, 0.15) is 23.1 Å². The molecule has 0 spiro atoms. The molecule has 6 nitrogen and oxygen atoms in total. The van der Waals surface area contributed by atoms with Crippen LogP contribution in [-0.4, -0.2) is 46.2 Å². The van der Waals surface area contributed by atoms with Gasteiger partial charge >= 0.3 is 6.36 Å². The van der Waals surface area contributed by atoms with Gasteiger partial charge in [-0.25, -0.2) is 0 Å². The molecule has 1 aliphatic rings. The maximum Gasteiger partial charge on any atom is 0.573 e. The lowest BCUT2D eigenvalue weighted by atomic mass is 9.84. The first-order valence-corrected chi connectivity index (χ1v) is 9.00. The molecule has 29 heavy (non-hydrogen) atoms. The van der Waals surface area contributed by atoms with Gasteiger partial charge < -0.3 is 20.3 Å². The van der Waals surface area contributed by atoms with E-state index >= 15 is 0 Å². The van der Waals surface area contributed by atoms with Crippen molar-refractivity contribution < 1.29 is 28.1 Å². The first kappa shape index (κ1) is 19.6. The van der Waals surface area contributed by atoms with Crippen molar-refractivity contribution in [1.82, 2.24) is 15.3 Å². The average molecular weight is 405 g/mol. The van der Waals surface area contributed by atoms with Gasteiger partial charge in [-0.15, -0.1) is 13.2 Å². The van der Waals surface area contributed by atoms with E-state index < -0.39 is 19.1 Å². The monoisotopic (exact) mass is 405 g/mol. The van der Waals surface area contributed by atoms with Crippen molar-refractivity contribution in [3.63, 3.8) is 0 Å². The molecule has 1 fully saturated rings. The highest BCUT2D eigenvalue weighted by molar-refractivity contribution is 5.94. The Morgan fingerprint density at radius 2 is 1.76 bits per heavy atom. The maximum atomic E-state index is 12.4. The lowest BCUT2D eigenvalue weighted by molar-refractivity contribution is -0.274. The second-order valence-corrected chi connectivity index (χ2v) is 6.81. The first-order valence-electron chi connectivity index (χ1n) is 9.00. The predicted octanol–water partition coefficient (Wildman–Crippen LogP) is 2.91. The van der Waals surface area contributed by atoms with Gasteiger partial charge in [-0.1, -0.05) is 12.1 Å². The minimum atomic E-state index is -4.76. The Labute approximate surface area is 164 Å². The van der Waals surface area contributed by atoms with Gasteiger partial charge in [0.15, 0.2) is 0 Å². The van der Waals surface area contributed by atoms with E-state index in [1.54, 1.807) is 0 Å². The highest BCUT2D eigenvalue weighted by Gasteiger charge is 2.31. The number of aliphatic hydroxyl groups excluding tert-OH is 2. The van der Waals surface area contributed by atoms with E-state index in [4.69, 9.17) is 0 Å². The number of fused-ring (bicyclic) bond motifs is 1. The summed E-state index contributed by atoms with van der Waals surface area (Å²) in [5.41, 5.74) is 3.65. The van der Waals surface area contributed by atoms with Crippen molar-refractivity contribution in [2.24, 2.45) is 0 Å². The van der Waals surface area contributed by atoms with Crippen LogP contribution in [0, 0.1) is 0 Å². The van der Waals surface area contributed by atoms with Gasteiger partial charge in [-0.05, 0) is 29.3 Å². The summed E-state index contributed by atoms with van der Waals surface area (Å²) < 4.78 is 41.2. The molecule has 1 atom stereocenters. The number of hydrogen-bond donors (Lipinski definition) is 3. The highest BCUT2D eigenvalue weighted by Crippen LogP contribution is 2.38. The summed E-state index contributed by atoms with van der Waals surface area (Å²) in [6.07, 6.45) is -2.86. The SMILES string of the molecule is OC[C@H](O)c1c(C2CNC2)cc(-c2ccc(OC(F)(F)F)cc2)c2nccnc12. The Kier molecular flexibility index (Phi) is 5.12. The van der Waals surface area contributed by atoms with Crippen LogP contribution in [0.4, 0.5) is 13.2 Å². The molecule has 2 heterocycles. The van der Waals surface area contributed by atoms with E-state index in [0.717, 1.165) is 5.56 Å². The summed E-state index contributed by atoms with van der Waals surface area (Å²) in [6, 6.07) is 7.40. The number of nitrogens with one attached hydrogen (secondary N) is 1. The summed E-state index contributed by atoms with van der Waals surface area (Å²) in [6.45, 7) is 0.977. The van der Waals surface area contributed by atoms with E-state index in [-0.39, 0.29) is 11.7 Å². The molecule has 0 unspecified atom stereocenters. The van der Waals surface area contributed by atoms with Gasteiger partial charge in [0.2, 0.25) is 0 Å². The van der Waals surface area contributed by atoms with Crippen molar-refractivity contribution in [2.45, 2.75) is 18.4 Å². The molecule has 0 radical (unpaired) electrons. The normalized spacial score (nSPS) is 15.9. The molecule has 4 rings (SSSR count). The topological polar surface area (TPSA) is 87.5 Å². The summed E-state index contributed by atoms with van der Waals surface area (Å²) in [5, 5.41) is 23.1. The van der Waals surface area contributed by atoms with Gasteiger partial charge in [0.25, 0.3) is 0 Å². The smallest absolute Gasteiger partial charge is 0.406 e. The first-order chi connectivity index (χ1) is 13.9. The molecule has 0 bridgehead atoms. The third-order valence-corrected chi connectivity index (χ3v) is 4.95. The second kappa shape index (κ2) is 7.58. The average Bonchev–Trinajstić information content (AvgIpc) is 2.65. The fourth-order valence-electron chi connectivity index (χ4n) is 3.51. The van der Waals surface area contributed by atoms with Crippen molar-refractivity contribution in [2.75, 3.05) is 19.7 Å². The molecule has 1 aliphatic heterocycles. The molecule has 3 N–H and O–H groups in total. The third-order valence-electron chi connectivity index (χ3n) is 4.95. The molecule has 2 aromatic carbocycles. The van der Waals surface area contributed by atoms with Crippen molar-refractivity contribution >= 4 is 11.0 Å². The lowest BCUT2D eigenvalue weighted by Crippen LogP contribution is -2.40. The third kappa shape index (κ3) is 3.89. The Hall–Kier alpha value is -2.75. The van der Waals surface area contributed by atoms with E-state index in [1.165, 1.54) is 36.7 Å². The molecular weight excluding hydrogens is 387 g/mol. The number of aromatic nitrogens is 2. The van der Waals surface area contributed by atoms with Gasteiger partial charge in [0, 0.05) is 42.5 Å². The summed E-state index contributed by atoms with van der Waals surface area (Å²) in [5.74, 6) is -0.184. The molecule has 0 amide bonds. The quantitative estimate of drug-likeness (QED) is 0.605. The van der Waals surface area contributed by atoms with Crippen LogP contribution < -0.4 is 10.1 Å². The van der Waals surface area contributed by atoms with Crippen molar-refractivity contribution in [1.29, 1.82) is 0 Å². The summed E-state index contributed by atoms with van der Waals surface area (Å²) >= 11 is 0. The van der Waals surface area contributed by atoms with Crippen LogP contribution >= 0.6 is 0 Å². The minimum absolute atomic E-state index is 0.129. The lowest BCUT2D eigenvalue weighted by Gasteiger charge is -2.31. The highest BCUT2D eigenvalue weighted by atomic mass is 19.4. The van der Waals surface area contributed by atoms with Crippen LogP contribution in [0.15, 0.2) is 42.7 Å². The van der Waals surface area contributed by atoms with Crippen LogP contribution in [-0.2, 0) is 0 Å². The zero-order chi connectivity index (χ0) is 20.6. The largest absolute Gasteiger partial charge is 0.573 e. The van der Waals surface area contributed by atoms with Crippen LogP contribution in [0.2, 0.25) is 0 Å². The molecule has 0 aliphatic carbocycles. The number of ether oxygens (including phenoxy) is 1. The second-order valence-electron chi connectivity index (χ2n) is 6.81. The summed E-state index contributed by atoms with van der Waals surface area (Å²) in [7, 11) is 0. The standard InChI is InChI=1S/C20H18F3N3O3/c21-20(22,23)29-13-3-1-11(2-4-13)15-7-14(12-8-24-9-12)17(16(28)10-27)19-18(15)25-5-6-26-19/h1-7,12,16,24,27-28H,8-10H2/t16-/m0/s1. The fourth-order valence-corrected chi connectivity index (χ4v) is 3.51. The number of aliphatic hydroxyl groups is 2. The number of halogens is 3. The molecule has 1 saturated heterocycles. The minimum Gasteiger partial charge on any atom is -0.406 e. The van der Waals surface area contributed by atoms with E-state index in [2.05, 4.69) is 20.0 Å². The number of benzene rings is 2. The molecule has 1 aromatic heterocycles. The predicted molar refractivity (Wildman–Crippen MR) is 99.3 cm³/mol. The number of rotatable bonds is 5. The van der Waals surface area contributed by atoms with Crippen LogP contribution in [0.5, 0.6) is 5.75 Å². The molecule has 9 heteroatoms. The van der Waals surface area contributed by atoms with Gasteiger partial charge in [-0.3, -0.25) is 9.97 Å². The Morgan fingerprint density at radius 3 is 2.31 bits per heavy atom. The van der Waals surface area contributed by atoms with Gasteiger partial charge in [0.1, 0.15) is 11.9 Å². The molecule has 3 aromatic rings. The fraction of sp³-hybridized carbons (Fsp3) is 0.300. The van der Waals surface area contributed by atoms with Crippen LogP contribution in [0.25, 0.3) is 22.2 Å². The Balaban J connectivity index is 1.86. The van der Waals surface area contributed by atoms with Crippen molar-refractivity contribution in [3.05, 3.63) is 53.9 Å². The number of nitrogens with zero attached hydrogens (tertiary/aromatic N) is 2. The maximum absolute atomic E-state index is 12.4. The zero-order valence-corrected chi connectivity index (χ0v) is 15.1. The molecule has 152 valence electrons. The Morgan fingerprint density at radius 1 is 1.10 bits per heavy atom. The number of alkyl halides is 3. The van der Waals surface area contributed by atoms with E-state index in [9.17, 15) is 23.4 Å². The molecular formula is C20H18F3N3O3. The van der Waals surface area contributed by atoms with Crippen molar-refractivity contribution in [3.8, 4) is 16.9 Å².